The number of hydrogen-bond acceptors (Lipinski definition) is 5. The first-order valence-corrected chi connectivity index (χ1v) is 8.70. The summed E-state index contributed by atoms with van der Waals surface area (Å²) in [6, 6.07) is 9.27. The van der Waals surface area contributed by atoms with E-state index in [9.17, 15) is 19.1 Å². The number of anilines is 1. The van der Waals surface area contributed by atoms with Gasteiger partial charge in [0.15, 0.2) is 5.75 Å². The number of hydrogen-bond donors (Lipinski definition) is 2. The number of phenolic OH excluding ortho intramolecular Hbond substituents is 1. The minimum atomic E-state index is -0.733. The van der Waals surface area contributed by atoms with E-state index in [0.717, 1.165) is 11.1 Å². The molecule has 0 aliphatic heterocycles. The van der Waals surface area contributed by atoms with Crippen LogP contribution in [0.1, 0.15) is 34.8 Å². The van der Waals surface area contributed by atoms with Crippen molar-refractivity contribution in [3.05, 3.63) is 65.1 Å². The number of carbonyl (C=O) groups excluding carboxylic acids is 2. The molecule has 6 nitrogen and oxygen atoms in total. The molecule has 3 rings (SSSR count). The van der Waals surface area contributed by atoms with Crippen LogP contribution in [0.15, 0.2) is 42.6 Å². The molecule has 0 aliphatic rings. The lowest BCUT2D eigenvalue weighted by Gasteiger charge is -2.13. The van der Waals surface area contributed by atoms with Crippen LogP contribution in [0.5, 0.6) is 5.75 Å². The van der Waals surface area contributed by atoms with E-state index in [1.807, 2.05) is 0 Å². The van der Waals surface area contributed by atoms with Gasteiger partial charge in [0, 0.05) is 18.0 Å². The van der Waals surface area contributed by atoms with Gasteiger partial charge in [-0.05, 0) is 41.8 Å². The number of halogens is 1. The summed E-state index contributed by atoms with van der Waals surface area (Å²) in [7, 11) is 1.20. The summed E-state index contributed by atoms with van der Waals surface area (Å²) in [5.74, 6) is -1.61. The fourth-order valence-corrected chi connectivity index (χ4v) is 2.86. The number of carbonyl (C=O) groups is 2. The maximum absolute atomic E-state index is 13.1. The second-order valence-corrected chi connectivity index (χ2v) is 6.26. The zero-order valence-corrected chi connectivity index (χ0v) is 15.5. The fraction of sp³-hybridized carbons (Fsp3) is 0.190. The van der Waals surface area contributed by atoms with Crippen molar-refractivity contribution in [2.45, 2.75) is 19.8 Å². The Kier molecular flexibility index (Phi) is 5.54. The molecular formula is C21H19FN2O4. The van der Waals surface area contributed by atoms with Gasteiger partial charge in [-0.3, -0.25) is 9.78 Å². The average molecular weight is 382 g/mol. The summed E-state index contributed by atoms with van der Waals surface area (Å²) >= 11 is 0. The summed E-state index contributed by atoms with van der Waals surface area (Å²) in [5.41, 5.74) is 2.14. The Labute approximate surface area is 161 Å². The summed E-state index contributed by atoms with van der Waals surface area (Å²) < 4.78 is 17.8. The molecule has 28 heavy (non-hydrogen) atoms. The third kappa shape index (κ3) is 3.93. The van der Waals surface area contributed by atoms with Crippen molar-refractivity contribution in [3.63, 3.8) is 0 Å². The van der Waals surface area contributed by atoms with Gasteiger partial charge in [-0.15, -0.1) is 0 Å². The van der Waals surface area contributed by atoms with Crippen molar-refractivity contribution in [1.29, 1.82) is 0 Å². The standard InChI is InChI=1S/C21H19FN2O4/c1-3-18(25)24-17-10-16(21(27)28-2)20(26)19-15(17)9-13(11-23-19)8-12-4-6-14(22)7-5-12/h4-7,9-11,26H,3,8H2,1-2H3,(H,24,25). The van der Waals surface area contributed by atoms with Gasteiger partial charge in [0.1, 0.15) is 16.9 Å². The first-order chi connectivity index (χ1) is 13.4. The van der Waals surface area contributed by atoms with Crippen LogP contribution in [0, 0.1) is 5.82 Å². The Morgan fingerprint density at radius 1 is 1.18 bits per heavy atom. The van der Waals surface area contributed by atoms with Crippen LogP contribution in [0.2, 0.25) is 0 Å². The van der Waals surface area contributed by atoms with E-state index in [1.54, 1.807) is 31.3 Å². The number of aromatic hydroxyl groups is 1. The van der Waals surface area contributed by atoms with Gasteiger partial charge in [-0.25, -0.2) is 9.18 Å². The zero-order valence-electron chi connectivity index (χ0n) is 15.5. The number of aromatic nitrogens is 1. The number of rotatable bonds is 5. The van der Waals surface area contributed by atoms with Crippen molar-refractivity contribution in [2.75, 3.05) is 12.4 Å². The molecule has 3 aromatic rings. The summed E-state index contributed by atoms with van der Waals surface area (Å²) in [6.07, 6.45) is 2.31. The number of nitrogens with zero attached hydrogens (tertiary/aromatic N) is 1. The van der Waals surface area contributed by atoms with Gasteiger partial charge in [-0.2, -0.15) is 0 Å². The highest BCUT2D eigenvalue weighted by atomic mass is 19.1. The van der Waals surface area contributed by atoms with Gasteiger partial charge in [0.05, 0.1) is 12.8 Å². The van der Waals surface area contributed by atoms with Crippen molar-refractivity contribution < 1.29 is 23.8 Å². The molecule has 1 amide bonds. The lowest BCUT2D eigenvalue weighted by Crippen LogP contribution is -2.12. The third-order valence-corrected chi connectivity index (χ3v) is 4.32. The molecule has 0 unspecified atom stereocenters. The van der Waals surface area contributed by atoms with E-state index in [-0.39, 0.29) is 35.0 Å². The predicted octanol–water partition coefficient (Wildman–Crippen LogP) is 3.81. The largest absolute Gasteiger partial charge is 0.505 e. The van der Waals surface area contributed by atoms with Crippen LogP contribution in [0.25, 0.3) is 10.9 Å². The lowest BCUT2D eigenvalue weighted by molar-refractivity contribution is -0.115. The van der Waals surface area contributed by atoms with Gasteiger partial charge >= 0.3 is 5.97 Å². The number of phenols is 1. The van der Waals surface area contributed by atoms with E-state index < -0.39 is 5.97 Å². The van der Waals surface area contributed by atoms with Crippen molar-refractivity contribution in [2.24, 2.45) is 0 Å². The van der Waals surface area contributed by atoms with Crippen LogP contribution < -0.4 is 5.32 Å². The molecule has 0 aliphatic carbocycles. The average Bonchev–Trinajstić information content (AvgIpc) is 2.71. The molecular weight excluding hydrogens is 363 g/mol. The van der Waals surface area contributed by atoms with Gasteiger partial charge in [-0.1, -0.05) is 19.1 Å². The highest BCUT2D eigenvalue weighted by Crippen LogP contribution is 2.34. The topological polar surface area (TPSA) is 88.5 Å². The Bertz CT molecular complexity index is 1050. The number of pyridine rings is 1. The Morgan fingerprint density at radius 3 is 2.54 bits per heavy atom. The molecule has 7 heteroatoms. The monoisotopic (exact) mass is 382 g/mol. The number of benzene rings is 2. The summed E-state index contributed by atoms with van der Waals surface area (Å²) in [5, 5.41) is 13.7. The SMILES string of the molecule is CCC(=O)Nc1cc(C(=O)OC)c(O)c2ncc(Cc3ccc(F)cc3)cc12. The number of fused-ring (bicyclic) bond motifs is 1. The van der Waals surface area contributed by atoms with Crippen LogP contribution in [0.4, 0.5) is 10.1 Å². The van der Waals surface area contributed by atoms with Crippen molar-refractivity contribution >= 4 is 28.5 Å². The molecule has 2 N–H and O–H groups in total. The second kappa shape index (κ2) is 8.04. The molecule has 0 fully saturated rings. The lowest BCUT2D eigenvalue weighted by atomic mass is 10.0. The maximum atomic E-state index is 13.1. The van der Waals surface area contributed by atoms with Gasteiger partial charge < -0.3 is 15.2 Å². The second-order valence-electron chi connectivity index (χ2n) is 6.26. The smallest absolute Gasteiger partial charge is 0.341 e. The molecule has 0 radical (unpaired) electrons. The summed E-state index contributed by atoms with van der Waals surface area (Å²) in [4.78, 5) is 28.2. The molecule has 0 atom stereocenters. The highest BCUT2D eigenvalue weighted by molar-refractivity contribution is 6.08. The van der Waals surface area contributed by atoms with Crippen LogP contribution in [-0.2, 0) is 16.0 Å². The number of amides is 1. The van der Waals surface area contributed by atoms with E-state index >= 15 is 0 Å². The molecule has 0 saturated carbocycles. The van der Waals surface area contributed by atoms with Crippen LogP contribution in [0.3, 0.4) is 0 Å². The predicted molar refractivity (Wildman–Crippen MR) is 103 cm³/mol. The number of nitrogens with one attached hydrogen (secondary N) is 1. The zero-order chi connectivity index (χ0) is 20.3. The highest BCUT2D eigenvalue weighted by Gasteiger charge is 2.20. The minimum absolute atomic E-state index is 0.0832. The van der Waals surface area contributed by atoms with Crippen molar-refractivity contribution in [3.8, 4) is 5.75 Å². The molecule has 0 spiro atoms. The fourth-order valence-electron chi connectivity index (χ4n) is 2.86. The number of ether oxygens (including phenoxy) is 1. The molecule has 2 aromatic carbocycles. The van der Waals surface area contributed by atoms with Crippen LogP contribution >= 0.6 is 0 Å². The van der Waals surface area contributed by atoms with Gasteiger partial charge in [0.25, 0.3) is 0 Å². The normalized spacial score (nSPS) is 10.7. The molecule has 144 valence electrons. The molecule has 0 bridgehead atoms. The van der Waals surface area contributed by atoms with E-state index in [1.165, 1.54) is 25.3 Å². The third-order valence-electron chi connectivity index (χ3n) is 4.32. The Morgan fingerprint density at radius 2 is 1.89 bits per heavy atom. The summed E-state index contributed by atoms with van der Waals surface area (Å²) in [6.45, 7) is 1.71. The first-order valence-electron chi connectivity index (χ1n) is 8.70. The maximum Gasteiger partial charge on any atom is 0.341 e. The first kappa shape index (κ1) is 19.3. The molecule has 0 saturated heterocycles. The molecule has 1 aromatic heterocycles. The van der Waals surface area contributed by atoms with E-state index in [0.29, 0.717) is 17.5 Å². The van der Waals surface area contributed by atoms with Crippen molar-refractivity contribution in [1.82, 2.24) is 4.98 Å². The van der Waals surface area contributed by atoms with Crippen LogP contribution in [-0.4, -0.2) is 29.1 Å². The Balaban J connectivity index is 2.11. The van der Waals surface area contributed by atoms with E-state index in [2.05, 4.69) is 10.3 Å². The minimum Gasteiger partial charge on any atom is -0.505 e. The van der Waals surface area contributed by atoms with E-state index in [4.69, 9.17) is 4.74 Å². The number of esters is 1. The number of methoxy groups -OCH3 is 1. The molecule has 1 heterocycles. The quantitative estimate of drug-likeness (QED) is 0.518. The Hall–Kier alpha value is -3.48. The van der Waals surface area contributed by atoms with Gasteiger partial charge in [0.2, 0.25) is 5.91 Å².